The van der Waals surface area contributed by atoms with Gasteiger partial charge in [-0.25, -0.2) is 0 Å². The Morgan fingerprint density at radius 2 is 0.833 bits per heavy atom. The molecule has 0 bridgehead atoms. The van der Waals surface area contributed by atoms with E-state index in [2.05, 4.69) is 20.8 Å². The lowest BCUT2D eigenvalue weighted by Crippen LogP contribution is -2.21. The minimum absolute atomic E-state index is 0.317. The zero-order valence-corrected chi connectivity index (χ0v) is 21.4. The van der Waals surface area contributed by atoms with Gasteiger partial charge in [-0.15, -0.1) is 0 Å². The van der Waals surface area contributed by atoms with Gasteiger partial charge in [-0.1, -0.05) is 136 Å². The van der Waals surface area contributed by atoms with Crippen LogP contribution in [0, 0.1) is 0 Å². The van der Waals surface area contributed by atoms with Crippen molar-refractivity contribution < 1.29 is 9.47 Å². The molecule has 2 nitrogen and oxygen atoms in total. The first-order valence-electron chi connectivity index (χ1n) is 14.0. The van der Waals surface area contributed by atoms with E-state index in [1.54, 1.807) is 0 Å². The first-order valence-corrected chi connectivity index (χ1v) is 14.0. The molecule has 0 N–H and O–H groups in total. The van der Waals surface area contributed by atoms with Crippen molar-refractivity contribution >= 4 is 0 Å². The van der Waals surface area contributed by atoms with Gasteiger partial charge in [-0.05, 0) is 19.3 Å². The third-order valence-electron chi connectivity index (χ3n) is 6.18. The molecule has 0 spiro atoms. The molecule has 0 aromatic heterocycles. The number of unbranched alkanes of at least 4 members (excludes halogenated alkanes) is 17. The second-order valence-electron chi connectivity index (χ2n) is 9.37. The van der Waals surface area contributed by atoms with Gasteiger partial charge in [0.05, 0.1) is 12.7 Å². The van der Waals surface area contributed by atoms with Crippen LogP contribution in [0.3, 0.4) is 0 Å². The van der Waals surface area contributed by atoms with Crippen LogP contribution >= 0.6 is 0 Å². The minimum atomic E-state index is 0.317. The Kier molecular flexibility index (Phi) is 26.9. The van der Waals surface area contributed by atoms with Gasteiger partial charge >= 0.3 is 0 Å². The summed E-state index contributed by atoms with van der Waals surface area (Å²) in [5, 5.41) is 0. The van der Waals surface area contributed by atoms with E-state index in [-0.39, 0.29) is 0 Å². The van der Waals surface area contributed by atoms with Gasteiger partial charge in [0, 0.05) is 13.2 Å². The number of hydrogen-bond donors (Lipinski definition) is 0. The van der Waals surface area contributed by atoms with Gasteiger partial charge < -0.3 is 9.47 Å². The fourth-order valence-corrected chi connectivity index (χ4v) is 4.04. The fraction of sp³-hybridized carbons (Fsp3) is 1.00. The fourth-order valence-electron chi connectivity index (χ4n) is 4.04. The van der Waals surface area contributed by atoms with Crippen molar-refractivity contribution in [1.82, 2.24) is 0 Å². The van der Waals surface area contributed by atoms with Crippen molar-refractivity contribution in [2.45, 2.75) is 162 Å². The maximum absolute atomic E-state index is 6.17. The SMILES string of the molecule is CCCCCCCCCCCOCC(CCCC)OCCCCCCCCCCC. The molecule has 0 fully saturated rings. The Bertz CT molecular complexity index is 292. The molecule has 0 saturated heterocycles. The van der Waals surface area contributed by atoms with Crippen molar-refractivity contribution in [3.8, 4) is 0 Å². The zero-order chi connectivity index (χ0) is 22.0. The summed E-state index contributed by atoms with van der Waals surface area (Å²) in [6.07, 6.45) is 28.7. The molecule has 0 amide bonds. The molecular weight excluding hydrogens is 368 g/mol. The quantitative estimate of drug-likeness (QED) is 0.128. The summed E-state index contributed by atoms with van der Waals surface area (Å²) < 4.78 is 12.1. The Morgan fingerprint density at radius 1 is 0.433 bits per heavy atom. The van der Waals surface area contributed by atoms with Crippen molar-refractivity contribution in [3.05, 3.63) is 0 Å². The van der Waals surface area contributed by atoms with Crippen molar-refractivity contribution in [2.75, 3.05) is 19.8 Å². The molecule has 1 unspecified atom stereocenters. The largest absolute Gasteiger partial charge is 0.379 e. The van der Waals surface area contributed by atoms with E-state index in [4.69, 9.17) is 9.47 Å². The normalized spacial score (nSPS) is 12.5. The predicted molar refractivity (Wildman–Crippen MR) is 135 cm³/mol. The van der Waals surface area contributed by atoms with Gasteiger partial charge in [0.1, 0.15) is 0 Å². The van der Waals surface area contributed by atoms with Crippen LogP contribution in [0.25, 0.3) is 0 Å². The van der Waals surface area contributed by atoms with Gasteiger partial charge in [0.15, 0.2) is 0 Å². The van der Waals surface area contributed by atoms with Gasteiger partial charge in [-0.2, -0.15) is 0 Å². The zero-order valence-electron chi connectivity index (χ0n) is 21.4. The Hall–Kier alpha value is -0.0800. The van der Waals surface area contributed by atoms with E-state index in [1.807, 2.05) is 0 Å². The summed E-state index contributed by atoms with van der Waals surface area (Å²) in [7, 11) is 0. The summed E-state index contributed by atoms with van der Waals surface area (Å²) in [5.74, 6) is 0. The van der Waals surface area contributed by atoms with Gasteiger partial charge in [0.2, 0.25) is 0 Å². The van der Waals surface area contributed by atoms with Crippen LogP contribution in [0.5, 0.6) is 0 Å². The van der Waals surface area contributed by atoms with E-state index >= 15 is 0 Å². The lowest BCUT2D eigenvalue weighted by Gasteiger charge is -2.18. The molecule has 0 aliphatic heterocycles. The first kappa shape index (κ1) is 29.9. The maximum atomic E-state index is 6.17. The molecule has 182 valence electrons. The highest BCUT2D eigenvalue weighted by Gasteiger charge is 2.09. The molecule has 30 heavy (non-hydrogen) atoms. The van der Waals surface area contributed by atoms with Crippen LogP contribution in [0.2, 0.25) is 0 Å². The molecule has 0 saturated carbocycles. The van der Waals surface area contributed by atoms with Crippen LogP contribution in [0.15, 0.2) is 0 Å². The lowest BCUT2D eigenvalue weighted by molar-refractivity contribution is -0.0233. The molecule has 0 aromatic carbocycles. The molecule has 0 aromatic rings. The molecule has 0 radical (unpaired) electrons. The summed E-state index contributed by atoms with van der Waals surface area (Å²) in [6, 6.07) is 0. The van der Waals surface area contributed by atoms with Crippen LogP contribution in [0.1, 0.15) is 156 Å². The highest BCUT2D eigenvalue weighted by molar-refractivity contribution is 4.58. The molecular formula is C28H58O2. The summed E-state index contributed by atoms with van der Waals surface area (Å²) in [4.78, 5) is 0. The van der Waals surface area contributed by atoms with Crippen molar-refractivity contribution in [1.29, 1.82) is 0 Å². The minimum Gasteiger partial charge on any atom is -0.379 e. The second kappa shape index (κ2) is 27.0. The molecule has 0 aliphatic rings. The van der Waals surface area contributed by atoms with Crippen LogP contribution < -0.4 is 0 Å². The molecule has 1 atom stereocenters. The molecule has 0 rings (SSSR count). The number of hydrogen-bond acceptors (Lipinski definition) is 2. The Balaban J connectivity index is 3.51. The topological polar surface area (TPSA) is 18.5 Å². The van der Waals surface area contributed by atoms with Crippen molar-refractivity contribution in [2.24, 2.45) is 0 Å². The molecule has 0 aliphatic carbocycles. The van der Waals surface area contributed by atoms with Crippen LogP contribution in [0.4, 0.5) is 0 Å². The average molecular weight is 427 g/mol. The van der Waals surface area contributed by atoms with Crippen LogP contribution in [-0.2, 0) is 9.47 Å². The highest BCUT2D eigenvalue weighted by Crippen LogP contribution is 2.12. The Labute approximate surface area is 191 Å². The van der Waals surface area contributed by atoms with Gasteiger partial charge in [-0.3, -0.25) is 0 Å². The lowest BCUT2D eigenvalue weighted by atomic mass is 10.1. The number of rotatable bonds is 26. The number of ether oxygens (including phenoxy) is 2. The third-order valence-corrected chi connectivity index (χ3v) is 6.18. The third kappa shape index (κ3) is 24.2. The highest BCUT2D eigenvalue weighted by atomic mass is 16.5. The van der Waals surface area contributed by atoms with Gasteiger partial charge in [0.25, 0.3) is 0 Å². The molecule has 2 heteroatoms. The Morgan fingerprint density at radius 3 is 1.30 bits per heavy atom. The maximum Gasteiger partial charge on any atom is 0.0808 e. The van der Waals surface area contributed by atoms with E-state index in [1.165, 1.54) is 128 Å². The first-order chi connectivity index (χ1) is 14.8. The van der Waals surface area contributed by atoms with Crippen molar-refractivity contribution in [3.63, 3.8) is 0 Å². The van der Waals surface area contributed by atoms with E-state index in [0.29, 0.717) is 6.10 Å². The second-order valence-corrected chi connectivity index (χ2v) is 9.37. The van der Waals surface area contributed by atoms with E-state index in [0.717, 1.165) is 26.2 Å². The standard InChI is InChI=1S/C28H58O2/c1-4-7-10-12-14-16-18-20-22-25-29-27-28(24-9-6-3)30-26-23-21-19-17-15-13-11-8-5-2/h28H,4-27H2,1-3H3. The van der Waals surface area contributed by atoms with E-state index < -0.39 is 0 Å². The summed E-state index contributed by atoms with van der Waals surface area (Å²) in [6.45, 7) is 9.48. The van der Waals surface area contributed by atoms with E-state index in [9.17, 15) is 0 Å². The average Bonchev–Trinajstić information content (AvgIpc) is 2.76. The smallest absolute Gasteiger partial charge is 0.0808 e. The summed E-state index contributed by atoms with van der Waals surface area (Å²) in [5.41, 5.74) is 0. The van der Waals surface area contributed by atoms with Crippen LogP contribution in [-0.4, -0.2) is 25.9 Å². The molecule has 0 heterocycles. The summed E-state index contributed by atoms with van der Waals surface area (Å²) >= 11 is 0. The predicted octanol–water partition coefficient (Wildman–Crippen LogP) is 9.64. The monoisotopic (exact) mass is 426 g/mol.